The SMILES string of the molecule is CSC1CCC(NC(=O)C(C)(C)CN)C1. The number of amides is 1. The van der Waals surface area contributed by atoms with E-state index in [1.165, 1.54) is 6.42 Å². The number of carbonyl (C=O) groups is 1. The van der Waals surface area contributed by atoms with Crippen molar-refractivity contribution in [2.24, 2.45) is 11.1 Å². The minimum atomic E-state index is -0.433. The van der Waals surface area contributed by atoms with Crippen molar-refractivity contribution in [1.29, 1.82) is 0 Å². The van der Waals surface area contributed by atoms with Crippen molar-refractivity contribution in [3.8, 4) is 0 Å². The Bertz CT molecular complexity index is 231. The summed E-state index contributed by atoms with van der Waals surface area (Å²) in [6.07, 6.45) is 5.57. The first kappa shape index (κ1) is 12.8. The molecular weight excluding hydrogens is 208 g/mol. The maximum atomic E-state index is 11.8. The van der Waals surface area contributed by atoms with Crippen LogP contribution >= 0.6 is 11.8 Å². The molecule has 3 N–H and O–H groups in total. The van der Waals surface area contributed by atoms with Crippen LogP contribution in [0.1, 0.15) is 33.1 Å². The summed E-state index contributed by atoms with van der Waals surface area (Å²) in [5.74, 6) is 0.0942. The highest BCUT2D eigenvalue weighted by Gasteiger charge is 2.31. The Hall–Kier alpha value is -0.220. The molecule has 0 radical (unpaired) electrons. The first-order chi connectivity index (χ1) is 6.99. The third-order valence-corrected chi connectivity index (χ3v) is 4.27. The maximum absolute atomic E-state index is 11.8. The zero-order valence-electron chi connectivity index (χ0n) is 9.88. The topological polar surface area (TPSA) is 55.1 Å². The fourth-order valence-corrected chi connectivity index (χ4v) is 2.56. The molecule has 1 saturated carbocycles. The van der Waals surface area contributed by atoms with E-state index in [-0.39, 0.29) is 5.91 Å². The average Bonchev–Trinajstić information content (AvgIpc) is 2.65. The Labute approximate surface area is 96.6 Å². The van der Waals surface area contributed by atoms with Crippen LogP contribution < -0.4 is 11.1 Å². The second kappa shape index (κ2) is 5.21. The Morgan fingerprint density at radius 1 is 1.53 bits per heavy atom. The van der Waals surface area contributed by atoms with E-state index in [2.05, 4.69) is 11.6 Å². The van der Waals surface area contributed by atoms with Gasteiger partial charge in [-0.3, -0.25) is 4.79 Å². The summed E-state index contributed by atoms with van der Waals surface area (Å²) >= 11 is 1.90. The summed E-state index contributed by atoms with van der Waals surface area (Å²) in [5.41, 5.74) is 5.14. The van der Waals surface area contributed by atoms with Crippen LogP contribution in [-0.4, -0.2) is 30.0 Å². The molecule has 0 aromatic heterocycles. The molecule has 2 atom stereocenters. The van der Waals surface area contributed by atoms with Gasteiger partial charge in [0.2, 0.25) is 5.91 Å². The molecule has 3 nitrogen and oxygen atoms in total. The van der Waals surface area contributed by atoms with Crippen molar-refractivity contribution in [1.82, 2.24) is 5.32 Å². The number of thioether (sulfide) groups is 1. The number of nitrogens with two attached hydrogens (primary N) is 1. The second-order valence-corrected chi connectivity index (χ2v) is 6.07. The zero-order chi connectivity index (χ0) is 11.5. The lowest BCUT2D eigenvalue weighted by molar-refractivity contribution is -0.129. The normalized spacial score (nSPS) is 26.7. The van der Waals surface area contributed by atoms with Crippen LogP contribution in [0.3, 0.4) is 0 Å². The highest BCUT2D eigenvalue weighted by atomic mass is 32.2. The summed E-state index contributed by atoms with van der Waals surface area (Å²) in [4.78, 5) is 11.8. The predicted octanol–water partition coefficient (Wildman–Crippen LogP) is 1.37. The molecule has 0 aromatic carbocycles. The van der Waals surface area contributed by atoms with Crippen LogP contribution in [0.25, 0.3) is 0 Å². The van der Waals surface area contributed by atoms with Crippen LogP contribution in [-0.2, 0) is 4.79 Å². The Kier molecular flexibility index (Phi) is 4.46. The predicted molar refractivity (Wildman–Crippen MR) is 65.9 cm³/mol. The smallest absolute Gasteiger partial charge is 0.227 e. The van der Waals surface area contributed by atoms with Gasteiger partial charge in [0.05, 0.1) is 5.41 Å². The van der Waals surface area contributed by atoms with Crippen molar-refractivity contribution < 1.29 is 4.79 Å². The average molecular weight is 230 g/mol. The van der Waals surface area contributed by atoms with Gasteiger partial charge in [-0.1, -0.05) is 0 Å². The first-order valence-electron chi connectivity index (χ1n) is 5.53. The van der Waals surface area contributed by atoms with Gasteiger partial charge in [-0.05, 0) is 39.4 Å². The number of carbonyl (C=O) groups excluding carboxylic acids is 1. The summed E-state index contributed by atoms with van der Waals surface area (Å²) < 4.78 is 0. The van der Waals surface area contributed by atoms with E-state index in [0.717, 1.165) is 18.1 Å². The van der Waals surface area contributed by atoms with Gasteiger partial charge in [0, 0.05) is 17.8 Å². The molecule has 0 aliphatic heterocycles. The molecule has 4 heteroatoms. The maximum Gasteiger partial charge on any atom is 0.227 e. The van der Waals surface area contributed by atoms with E-state index in [1.807, 2.05) is 25.6 Å². The van der Waals surface area contributed by atoms with Gasteiger partial charge in [0.1, 0.15) is 0 Å². The van der Waals surface area contributed by atoms with E-state index in [1.54, 1.807) is 0 Å². The van der Waals surface area contributed by atoms with E-state index >= 15 is 0 Å². The zero-order valence-corrected chi connectivity index (χ0v) is 10.7. The summed E-state index contributed by atoms with van der Waals surface area (Å²) in [6.45, 7) is 4.18. The van der Waals surface area contributed by atoms with E-state index < -0.39 is 5.41 Å². The third kappa shape index (κ3) is 3.38. The van der Waals surface area contributed by atoms with Crippen LogP contribution in [0.2, 0.25) is 0 Å². The highest BCUT2D eigenvalue weighted by molar-refractivity contribution is 7.99. The van der Waals surface area contributed by atoms with E-state index in [9.17, 15) is 4.79 Å². The van der Waals surface area contributed by atoms with Crippen molar-refractivity contribution in [3.05, 3.63) is 0 Å². The van der Waals surface area contributed by atoms with Crippen molar-refractivity contribution >= 4 is 17.7 Å². The lowest BCUT2D eigenvalue weighted by atomic mass is 9.92. The van der Waals surface area contributed by atoms with Crippen molar-refractivity contribution in [2.45, 2.75) is 44.4 Å². The lowest BCUT2D eigenvalue weighted by Crippen LogP contribution is -2.45. The molecule has 0 heterocycles. The fourth-order valence-electron chi connectivity index (χ4n) is 1.76. The Balaban J connectivity index is 2.40. The van der Waals surface area contributed by atoms with Gasteiger partial charge in [0.15, 0.2) is 0 Å². The molecule has 1 aliphatic rings. The quantitative estimate of drug-likeness (QED) is 0.767. The molecule has 2 unspecified atom stereocenters. The van der Waals surface area contributed by atoms with Crippen LogP contribution in [0.4, 0.5) is 0 Å². The monoisotopic (exact) mass is 230 g/mol. The molecule has 1 aliphatic carbocycles. The van der Waals surface area contributed by atoms with Gasteiger partial charge in [-0.2, -0.15) is 11.8 Å². The molecule has 88 valence electrons. The summed E-state index contributed by atoms with van der Waals surface area (Å²) in [6, 6.07) is 0.362. The molecule has 15 heavy (non-hydrogen) atoms. The molecular formula is C11H22N2OS. The standard InChI is InChI=1S/C11H22N2OS/c1-11(2,7-12)10(14)13-8-4-5-9(6-8)15-3/h8-9H,4-7,12H2,1-3H3,(H,13,14). The minimum absolute atomic E-state index is 0.0942. The van der Waals surface area contributed by atoms with Crippen LogP contribution in [0.5, 0.6) is 0 Å². The fraction of sp³-hybridized carbons (Fsp3) is 0.909. The Morgan fingerprint density at radius 2 is 2.20 bits per heavy atom. The molecule has 1 rings (SSSR count). The largest absolute Gasteiger partial charge is 0.353 e. The lowest BCUT2D eigenvalue weighted by Gasteiger charge is -2.24. The molecule has 0 saturated heterocycles. The minimum Gasteiger partial charge on any atom is -0.353 e. The highest BCUT2D eigenvalue weighted by Crippen LogP contribution is 2.28. The molecule has 0 spiro atoms. The second-order valence-electron chi connectivity index (χ2n) is 4.93. The summed E-state index contributed by atoms with van der Waals surface area (Å²) in [5, 5.41) is 3.82. The van der Waals surface area contributed by atoms with Gasteiger partial charge >= 0.3 is 0 Å². The van der Waals surface area contributed by atoms with Gasteiger partial charge < -0.3 is 11.1 Å². The van der Waals surface area contributed by atoms with Gasteiger partial charge in [0.25, 0.3) is 0 Å². The number of hydrogen-bond acceptors (Lipinski definition) is 3. The summed E-state index contributed by atoms with van der Waals surface area (Å²) in [7, 11) is 0. The van der Waals surface area contributed by atoms with E-state index in [0.29, 0.717) is 12.6 Å². The van der Waals surface area contributed by atoms with Crippen molar-refractivity contribution in [2.75, 3.05) is 12.8 Å². The third-order valence-electron chi connectivity index (χ3n) is 3.18. The molecule has 1 amide bonds. The molecule has 1 fully saturated rings. The van der Waals surface area contributed by atoms with Crippen LogP contribution in [0.15, 0.2) is 0 Å². The molecule has 0 aromatic rings. The number of rotatable bonds is 4. The molecule has 0 bridgehead atoms. The van der Waals surface area contributed by atoms with Crippen molar-refractivity contribution in [3.63, 3.8) is 0 Å². The number of nitrogens with one attached hydrogen (secondary N) is 1. The number of hydrogen-bond donors (Lipinski definition) is 2. The Morgan fingerprint density at radius 3 is 2.67 bits per heavy atom. The van der Waals surface area contributed by atoms with Crippen LogP contribution in [0, 0.1) is 5.41 Å². The van der Waals surface area contributed by atoms with Gasteiger partial charge in [-0.25, -0.2) is 0 Å². The first-order valence-corrected chi connectivity index (χ1v) is 6.82. The van der Waals surface area contributed by atoms with Gasteiger partial charge in [-0.15, -0.1) is 0 Å². The van der Waals surface area contributed by atoms with E-state index in [4.69, 9.17) is 5.73 Å².